The van der Waals surface area contributed by atoms with E-state index in [1.165, 1.54) is 0 Å². The van der Waals surface area contributed by atoms with Gasteiger partial charge in [-0.2, -0.15) is 0 Å². The molecule has 1 amide bonds. The monoisotopic (exact) mass is 241 g/mol. The Morgan fingerprint density at radius 2 is 1.72 bits per heavy atom. The lowest BCUT2D eigenvalue weighted by atomic mass is 9.99. The molecule has 0 saturated carbocycles. The average molecular weight is 241 g/mol. The molecular formula is C13H11N3O2. The van der Waals surface area contributed by atoms with Crippen molar-refractivity contribution in [3.63, 3.8) is 0 Å². The molecule has 0 unspecified atom stereocenters. The molecular weight excluding hydrogens is 230 g/mol. The van der Waals surface area contributed by atoms with Gasteiger partial charge in [0.1, 0.15) is 6.04 Å². The van der Waals surface area contributed by atoms with Crippen LogP contribution >= 0.6 is 0 Å². The second-order valence-electron chi connectivity index (χ2n) is 4.02. The highest BCUT2D eigenvalue weighted by Crippen LogP contribution is 2.35. The number of hydrogen-bond acceptors (Lipinski definition) is 4. The van der Waals surface area contributed by atoms with Gasteiger partial charge in [-0.3, -0.25) is 9.97 Å². The summed E-state index contributed by atoms with van der Waals surface area (Å²) in [7, 11) is 0. The Morgan fingerprint density at radius 3 is 2.33 bits per heavy atom. The molecule has 3 rings (SSSR count). The van der Waals surface area contributed by atoms with E-state index in [2.05, 4.69) is 15.3 Å². The Kier molecular flexibility index (Phi) is 2.64. The summed E-state index contributed by atoms with van der Waals surface area (Å²) in [6, 6.07) is 7.23. The Morgan fingerprint density at radius 1 is 1.06 bits per heavy atom. The first-order chi connectivity index (χ1) is 8.84. The quantitative estimate of drug-likeness (QED) is 0.873. The zero-order chi connectivity index (χ0) is 12.4. The maximum atomic E-state index is 11.4. The fourth-order valence-corrected chi connectivity index (χ4v) is 2.04. The molecule has 0 bridgehead atoms. The summed E-state index contributed by atoms with van der Waals surface area (Å²) in [5.74, 6) is 0. The fourth-order valence-electron chi connectivity index (χ4n) is 2.04. The van der Waals surface area contributed by atoms with Gasteiger partial charge < -0.3 is 10.1 Å². The van der Waals surface area contributed by atoms with E-state index in [-0.39, 0.29) is 12.1 Å². The van der Waals surface area contributed by atoms with Gasteiger partial charge in [-0.1, -0.05) is 12.1 Å². The smallest absolute Gasteiger partial charge is 0.408 e. The van der Waals surface area contributed by atoms with Gasteiger partial charge in [0.25, 0.3) is 0 Å². The van der Waals surface area contributed by atoms with Crippen LogP contribution in [0.15, 0.2) is 49.1 Å². The van der Waals surface area contributed by atoms with Crippen molar-refractivity contribution in [1.82, 2.24) is 15.3 Å². The number of pyridine rings is 2. The van der Waals surface area contributed by atoms with Crippen LogP contribution < -0.4 is 5.32 Å². The van der Waals surface area contributed by atoms with Crippen molar-refractivity contribution in [2.24, 2.45) is 0 Å². The number of carbonyl (C=O) groups is 1. The van der Waals surface area contributed by atoms with Gasteiger partial charge >= 0.3 is 6.09 Å². The maximum absolute atomic E-state index is 11.4. The lowest BCUT2D eigenvalue weighted by Crippen LogP contribution is -2.19. The number of nitrogens with one attached hydrogen (secondary N) is 1. The third kappa shape index (κ3) is 1.90. The summed E-state index contributed by atoms with van der Waals surface area (Å²) < 4.78 is 5.30. The van der Waals surface area contributed by atoms with Crippen LogP contribution in [0.4, 0.5) is 4.79 Å². The van der Waals surface area contributed by atoms with E-state index >= 15 is 0 Å². The fraction of sp³-hybridized carbons (Fsp3) is 0.154. The molecule has 1 saturated heterocycles. The molecule has 0 radical (unpaired) electrons. The average Bonchev–Trinajstić information content (AvgIpc) is 2.83. The standard InChI is InChI=1S/C13H11N3O2/c17-13-16-11(9-3-1-5-14-7-9)12(18-13)10-4-2-6-15-8-10/h1-8,11-12H,(H,16,17)/t11-,12-/m1/s1. The summed E-state index contributed by atoms with van der Waals surface area (Å²) in [6.07, 6.45) is 6.03. The van der Waals surface area contributed by atoms with E-state index in [1.54, 1.807) is 24.8 Å². The number of alkyl carbamates (subject to hydrolysis) is 1. The lowest BCUT2D eigenvalue weighted by molar-refractivity contribution is 0.132. The molecule has 1 fully saturated rings. The molecule has 0 aliphatic carbocycles. The van der Waals surface area contributed by atoms with E-state index in [0.29, 0.717) is 0 Å². The van der Waals surface area contributed by atoms with Gasteiger partial charge in [0, 0.05) is 30.4 Å². The van der Waals surface area contributed by atoms with Crippen molar-refractivity contribution in [3.05, 3.63) is 60.2 Å². The summed E-state index contributed by atoms with van der Waals surface area (Å²) in [4.78, 5) is 19.5. The Hall–Kier alpha value is -2.43. The molecule has 2 aromatic heterocycles. The second-order valence-corrected chi connectivity index (χ2v) is 4.02. The lowest BCUT2D eigenvalue weighted by Gasteiger charge is -2.16. The van der Waals surface area contributed by atoms with Crippen LogP contribution in [0.5, 0.6) is 0 Å². The number of nitrogens with zero attached hydrogens (tertiary/aromatic N) is 2. The van der Waals surface area contributed by atoms with Gasteiger partial charge in [-0.25, -0.2) is 4.79 Å². The SMILES string of the molecule is O=C1N[C@H](c2cccnc2)[C@@H](c2cccnc2)O1. The molecule has 18 heavy (non-hydrogen) atoms. The molecule has 3 heterocycles. The number of cyclic esters (lactones) is 1. The number of hydrogen-bond donors (Lipinski definition) is 1. The van der Waals surface area contributed by atoms with E-state index in [1.807, 2.05) is 24.3 Å². The summed E-state index contributed by atoms with van der Waals surface area (Å²) in [6.45, 7) is 0. The predicted molar refractivity (Wildman–Crippen MR) is 63.6 cm³/mol. The topological polar surface area (TPSA) is 64.1 Å². The molecule has 2 aromatic rings. The van der Waals surface area contributed by atoms with Crippen LogP contribution in [-0.2, 0) is 4.74 Å². The van der Waals surface area contributed by atoms with Gasteiger partial charge in [-0.15, -0.1) is 0 Å². The third-order valence-electron chi connectivity index (χ3n) is 2.87. The molecule has 0 spiro atoms. The Balaban J connectivity index is 1.96. The van der Waals surface area contributed by atoms with Gasteiger partial charge in [0.15, 0.2) is 6.10 Å². The molecule has 5 heteroatoms. The maximum Gasteiger partial charge on any atom is 0.408 e. The van der Waals surface area contributed by atoms with Crippen molar-refractivity contribution >= 4 is 6.09 Å². The number of aromatic nitrogens is 2. The Bertz CT molecular complexity index is 495. The van der Waals surface area contributed by atoms with Crippen LogP contribution in [0.3, 0.4) is 0 Å². The van der Waals surface area contributed by atoms with Crippen molar-refractivity contribution in [1.29, 1.82) is 0 Å². The van der Waals surface area contributed by atoms with Crippen LogP contribution in [0.25, 0.3) is 0 Å². The van der Waals surface area contributed by atoms with Crippen molar-refractivity contribution in [3.8, 4) is 0 Å². The molecule has 1 aliphatic heterocycles. The predicted octanol–water partition coefficient (Wildman–Crippen LogP) is 2.00. The minimum atomic E-state index is -0.419. The van der Waals surface area contributed by atoms with E-state index in [0.717, 1.165) is 11.1 Å². The third-order valence-corrected chi connectivity index (χ3v) is 2.87. The highest BCUT2D eigenvalue weighted by Gasteiger charge is 2.36. The summed E-state index contributed by atoms with van der Waals surface area (Å²) in [5, 5.41) is 2.79. The first-order valence-electron chi connectivity index (χ1n) is 5.61. The highest BCUT2D eigenvalue weighted by molar-refractivity contribution is 5.71. The van der Waals surface area contributed by atoms with Gasteiger partial charge in [0.05, 0.1) is 0 Å². The van der Waals surface area contributed by atoms with Crippen LogP contribution in [-0.4, -0.2) is 16.1 Å². The van der Waals surface area contributed by atoms with Crippen LogP contribution in [0.1, 0.15) is 23.3 Å². The first kappa shape index (κ1) is 10.7. The minimum Gasteiger partial charge on any atom is -0.439 e. The largest absolute Gasteiger partial charge is 0.439 e. The number of amides is 1. The van der Waals surface area contributed by atoms with Crippen molar-refractivity contribution < 1.29 is 9.53 Å². The molecule has 90 valence electrons. The van der Waals surface area contributed by atoms with E-state index in [9.17, 15) is 4.79 Å². The van der Waals surface area contributed by atoms with E-state index in [4.69, 9.17) is 4.74 Å². The summed E-state index contributed by atoms with van der Waals surface area (Å²) >= 11 is 0. The van der Waals surface area contributed by atoms with Crippen molar-refractivity contribution in [2.75, 3.05) is 0 Å². The molecule has 0 aromatic carbocycles. The van der Waals surface area contributed by atoms with Gasteiger partial charge in [-0.05, 0) is 17.7 Å². The van der Waals surface area contributed by atoms with Gasteiger partial charge in [0.2, 0.25) is 0 Å². The Labute approximate surface area is 104 Å². The van der Waals surface area contributed by atoms with Crippen LogP contribution in [0, 0.1) is 0 Å². The second kappa shape index (κ2) is 4.44. The molecule has 1 N–H and O–H groups in total. The molecule has 1 aliphatic rings. The molecule has 2 atom stereocenters. The zero-order valence-corrected chi connectivity index (χ0v) is 9.48. The van der Waals surface area contributed by atoms with Crippen LogP contribution in [0.2, 0.25) is 0 Å². The number of rotatable bonds is 2. The number of ether oxygens (including phenoxy) is 1. The molecule has 5 nitrogen and oxygen atoms in total. The summed E-state index contributed by atoms with van der Waals surface area (Å²) in [5.41, 5.74) is 1.78. The normalized spacial score (nSPS) is 22.3. The highest BCUT2D eigenvalue weighted by atomic mass is 16.6. The number of carbonyl (C=O) groups excluding carboxylic acids is 1. The van der Waals surface area contributed by atoms with Crippen molar-refractivity contribution in [2.45, 2.75) is 12.1 Å². The first-order valence-corrected chi connectivity index (χ1v) is 5.61. The zero-order valence-electron chi connectivity index (χ0n) is 9.48. The minimum absolute atomic E-state index is 0.226. The van der Waals surface area contributed by atoms with E-state index < -0.39 is 6.09 Å².